The molecule has 0 fully saturated rings. The smallest absolute Gasteiger partial charge is 0.329 e. The van der Waals surface area contributed by atoms with E-state index in [0.29, 0.717) is 13.1 Å². The summed E-state index contributed by atoms with van der Waals surface area (Å²) in [4.78, 5) is 48.6. The Balaban J connectivity index is 1.77. The quantitative estimate of drug-likeness (QED) is 0.184. The maximum Gasteiger partial charge on any atom is 0.329 e. The lowest BCUT2D eigenvalue weighted by atomic mass is 10.2. The van der Waals surface area contributed by atoms with E-state index in [9.17, 15) is 19.2 Å². The highest BCUT2D eigenvalue weighted by molar-refractivity contribution is 7.97. The topological polar surface area (TPSA) is 133 Å². The van der Waals surface area contributed by atoms with E-state index in [-0.39, 0.29) is 37.0 Å². The molecule has 0 aliphatic rings. The number of aryl methyl sites for hydroxylation is 2. The lowest BCUT2D eigenvalue weighted by Crippen LogP contribution is -2.47. The molecule has 2 rings (SSSR count). The Hall–Kier alpha value is -3.25. The number of hydrogen-bond acceptors (Lipinski definition) is 8. The number of carbonyl (C=O) groups excluding carboxylic acids is 4. The first-order valence-corrected chi connectivity index (χ1v) is 11.7. The van der Waals surface area contributed by atoms with Crippen molar-refractivity contribution in [3.8, 4) is 0 Å². The number of amides is 2. The van der Waals surface area contributed by atoms with Crippen LogP contribution >= 0.6 is 11.9 Å². The van der Waals surface area contributed by atoms with Crippen molar-refractivity contribution < 1.29 is 28.7 Å². The minimum Gasteiger partial charge on any atom is -0.467 e. The van der Waals surface area contributed by atoms with Gasteiger partial charge in [0.15, 0.2) is 0 Å². The van der Waals surface area contributed by atoms with Crippen LogP contribution in [-0.2, 0) is 41.7 Å². The van der Waals surface area contributed by atoms with E-state index >= 15 is 0 Å². The van der Waals surface area contributed by atoms with Crippen LogP contribution in [0.3, 0.4) is 0 Å². The fraction of sp³-hybridized carbons (Fsp3) is 0.455. The second-order valence-electron chi connectivity index (χ2n) is 7.29. The fourth-order valence-electron chi connectivity index (χ4n) is 2.96. The molecule has 0 bridgehead atoms. The summed E-state index contributed by atoms with van der Waals surface area (Å²) in [5.74, 6) is -1.58. The molecule has 2 atom stereocenters. The normalized spacial score (nSPS) is 12.4. The Morgan fingerprint density at radius 3 is 1.68 bits per heavy atom. The first-order valence-electron chi connectivity index (χ1n) is 10.7. The molecule has 3 N–H and O–H groups in total. The van der Waals surface area contributed by atoms with Crippen molar-refractivity contribution in [3.05, 3.63) is 49.1 Å². The zero-order valence-corrected chi connectivity index (χ0v) is 20.1. The van der Waals surface area contributed by atoms with Crippen LogP contribution in [0.2, 0.25) is 0 Å². The number of methoxy groups -OCH3 is 2. The first-order chi connectivity index (χ1) is 16.4. The molecule has 0 unspecified atom stereocenters. The predicted molar refractivity (Wildman–Crippen MR) is 126 cm³/mol. The van der Waals surface area contributed by atoms with E-state index in [4.69, 9.17) is 9.47 Å². The van der Waals surface area contributed by atoms with Crippen molar-refractivity contribution in [1.82, 2.24) is 24.5 Å². The van der Waals surface area contributed by atoms with Crippen molar-refractivity contribution >= 4 is 35.7 Å². The molecule has 0 spiro atoms. The van der Waals surface area contributed by atoms with Crippen LogP contribution in [-0.4, -0.2) is 71.5 Å². The maximum atomic E-state index is 12.2. The van der Waals surface area contributed by atoms with E-state index in [0.717, 1.165) is 11.9 Å². The summed E-state index contributed by atoms with van der Waals surface area (Å²) in [6.45, 7) is 1.05. The Labute approximate surface area is 202 Å². The predicted octanol–water partition coefficient (Wildman–Crippen LogP) is 0.323. The molecule has 2 heterocycles. The molecule has 0 aliphatic carbocycles. The van der Waals surface area contributed by atoms with Gasteiger partial charge in [0.1, 0.15) is 12.1 Å². The van der Waals surface area contributed by atoms with E-state index < -0.39 is 24.0 Å². The SMILES string of the molecule is COC(=O)[C@H](CSNC[C@@H](NC(=O)CCn1cccc1)C(=O)OC)NC(=O)CCn1cccc1. The summed E-state index contributed by atoms with van der Waals surface area (Å²) < 4.78 is 16.2. The third-order valence-electron chi connectivity index (χ3n) is 4.81. The van der Waals surface area contributed by atoms with Gasteiger partial charge in [-0.25, -0.2) is 9.59 Å². The number of carbonyl (C=O) groups is 4. The van der Waals surface area contributed by atoms with E-state index in [1.807, 2.05) is 58.2 Å². The summed E-state index contributed by atoms with van der Waals surface area (Å²) >= 11 is 1.12. The van der Waals surface area contributed by atoms with Crippen molar-refractivity contribution in [2.24, 2.45) is 0 Å². The summed E-state index contributed by atoms with van der Waals surface area (Å²) in [6, 6.07) is 5.69. The molecule has 34 heavy (non-hydrogen) atoms. The highest BCUT2D eigenvalue weighted by Gasteiger charge is 2.24. The number of aromatic nitrogens is 2. The van der Waals surface area contributed by atoms with Gasteiger partial charge in [0.25, 0.3) is 0 Å². The molecule has 11 nitrogen and oxygen atoms in total. The van der Waals surface area contributed by atoms with E-state index in [2.05, 4.69) is 15.4 Å². The molecular formula is C22H31N5O6S. The number of esters is 2. The lowest BCUT2D eigenvalue weighted by molar-refractivity contribution is -0.145. The summed E-state index contributed by atoms with van der Waals surface area (Å²) in [6.07, 6.45) is 7.80. The summed E-state index contributed by atoms with van der Waals surface area (Å²) in [5.41, 5.74) is 0. The number of rotatable bonds is 15. The Morgan fingerprint density at radius 2 is 1.21 bits per heavy atom. The van der Waals surface area contributed by atoms with Gasteiger partial charge in [0.05, 0.1) is 14.2 Å². The van der Waals surface area contributed by atoms with Crippen LogP contribution in [0.4, 0.5) is 0 Å². The van der Waals surface area contributed by atoms with Gasteiger partial charge in [0.2, 0.25) is 11.8 Å². The first kappa shape index (κ1) is 27.0. The number of hydrogen-bond donors (Lipinski definition) is 3. The highest BCUT2D eigenvalue weighted by atomic mass is 32.2. The molecule has 2 aromatic rings. The van der Waals surface area contributed by atoms with Gasteiger partial charge in [-0.05, 0) is 24.3 Å². The van der Waals surface area contributed by atoms with Crippen LogP contribution in [0.15, 0.2) is 49.1 Å². The summed E-state index contributed by atoms with van der Waals surface area (Å²) in [5, 5.41) is 5.31. The van der Waals surface area contributed by atoms with Gasteiger partial charge < -0.3 is 29.2 Å². The molecule has 0 saturated heterocycles. The Bertz CT molecular complexity index is 829. The number of nitrogens with zero attached hydrogens (tertiary/aromatic N) is 2. The molecule has 12 heteroatoms. The lowest BCUT2D eigenvalue weighted by Gasteiger charge is -2.19. The van der Waals surface area contributed by atoms with Crippen molar-refractivity contribution in [3.63, 3.8) is 0 Å². The van der Waals surface area contributed by atoms with Crippen LogP contribution in [0.5, 0.6) is 0 Å². The molecule has 0 radical (unpaired) electrons. The van der Waals surface area contributed by atoms with Crippen LogP contribution in [0.1, 0.15) is 12.8 Å². The molecule has 0 aromatic carbocycles. The van der Waals surface area contributed by atoms with Gasteiger partial charge in [-0.2, -0.15) is 0 Å². The molecule has 0 aliphatic heterocycles. The van der Waals surface area contributed by atoms with Crippen LogP contribution in [0, 0.1) is 0 Å². The largest absolute Gasteiger partial charge is 0.467 e. The molecule has 186 valence electrons. The number of ether oxygens (including phenoxy) is 2. The molecule has 2 aromatic heterocycles. The average Bonchev–Trinajstić information content (AvgIpc) is 3.55. The van der Waals surface area contributed by atoms with Crippen LogP contribution < -0.4 is 15.4 Å². The second kappa shape index (κ2) is 14.8. The molecular weight excluding hydrogens is 462 g/mol. The minimum absolute atomic E-state index is 0.0715. The Morgan fingerprint density at radius 1 is 0.765 bits per heavy atom. The van der Waals surface area contributed by atoms with Gasteiger partial charge in [-0.1, -0.05) is 11.9 Å². The molecule has 0 saturated carbocycles. The summed E-state index contributed by atoms with van der Waals surface area (Å²) in [7, 11) is 2.49. The highest BCUT2D eigenvalue weighted by Crippen LogP contribution is 2.03. The fourth-order valence-corrected chi connectivity index (χ4v) is 3.75. The average molecular weight is 494 g/mol. The zero-order chi connectivity index (χ0) is 24.8. The second-order valence-corrected chi connectivity index (χ2v) is 8.20. The third kappa shape index (κ3) is 9.71. The maximum absolute atomic E-state index is 12.2. The number of nitrogens with one attached hydrogen (secondary N) is 3. The monoisotopic (exact) mass is 493 g/mol. The van der Waals surface area contributed by atoms with E-state index in [1.54, 1.807) is 0 Å². The van der Waals surface area contributed by atoms with Crippen molar-refractivity contribution in [2.45, 2.75) is 38.0 Å². The van der Waals surface area contributed by atoms with Gasteiger partial charge in [0, 0.05) is 63.0 Å². The minimum atomic E-state index is -0.901. The van der Waals surface area contributed by atoms with Gasteiger partial charge in [-0.15, -0.1) is 0 Å². The third-order valence-corrected chi connectivity index (χ3v) is 5.68. The van der Waals surface area contributed by atoms with Crippen LogP contribution in [0.25, 0.3) is 0 Å². The van der Waals surface area contributed by atoms with Crippen molar-refractivity contribution in [2.75, 3.05) is 26.5 Å². The van der Waals surface area contributed by atoms with Gasteiger partial charge >= 0.3 is 11.9 Å². The van der Waals surface area contributed by atoms with Gasteiger partial charge in [-0.3, -0.25) is 14.3 Å². The zero-order valence-electron chi connectivity index (χ0n) is 19.3. The van der Waals surface area contributed by atoms with E-state index in [1.165, 1.54) is 14.2 Å². The molecule has 2 amide bonds. The Kier molecular flexibility index (Phi) is 11.8. The van der Waals surface area contributed by atoms with Crippen molar-refractivity contribution in [1.29, 1.82) is 0 Å². The standard InChI is InChI=1S/C22H31N5O6S/c1-32-21(30)17(24-19(28)7-13-26-9-3-4-10-26)15-23-34-16-18(22(31)33-2)25-20(29)8-14-27-11-5-6-12-27/h3-6,9-12,17-18,23H,7-8,13-16H2,1-2H3,(H,24,28)(H,25,29)/t17-,18+/m1/s1.